The summed E-state index contributed by atoms with van der Waals surface area (Å²) in [4.78, 5) is 19.2. The van der Waals surface area contributed by atoms with Crippen LogP contribution in [-0.2, 0) is 11.3 Å². The van der Waals surface area contributed by atoms with Gasteiger partial charge in [0, 0.05) is 12.0 Å². The van der Waals surface area contributed by atoms with E-state index < -0.39 is 0 Å². The number of fused-ring (bicyclic) bond motifs is 1. The zero-order valence-corrected chi connectivity index (χ0v) is 14.8. The van der Waals surface area contributed by atoms with Crippen LogP contribution in [0.2, 0.25) is 0 Å². The van der Waals surface area contributed by atoms with Gasteiger partial charge in [0.1, 0.15) is 5.52 Å². The van der Waals surface area contributed by atoms with Crippen molar-refractivity contribution in [2.24, 2.45) is 11.8 Å². The molecule has 0 saturated carbocycles. The summed E-state index contributed by atoms with van der Waals surface area (Å²) in [5.74, 6) is 1.56. The number of piperidine rings is 1. The molecule has 24 heavy (non-hydrogen) atoms. The predicted molar refractivity (Wildman–Crippen MR) is 94.5 cm³/mol. The summed E-state index contributed by atoms with van der Waals surface area (Å²) in [5, 5.41) is 3.14. The van der Waals surface area contributed by atoms with Crippen molar-refractivity contribution in [3.8, 4) is 0 Å². The van der Waals surface area contributed by atoms with Gasteiger partial charge in [0.25, 0.3) is 0 Å². The van der Waals surface area contributed by atoms with E-state index in [1.54, 1.807) is 0 Å². The predicted octanol–water partition coefficient (Wildman–Crippen LogP) is 3.20. The third-order valence-corrected chi connectivity index (χ3v) is 5.03. The highest BCUT2D eigenvalue weighted by molar-refractivity contribution is 5.79. The van der Waals surface area contributed by atoms with E-state index in [1.165, 1.54) is 0 Å². The van der Waals surface area contributed by atoms with Crippen LogP contribution in [0.5, 0.6) is 0 Å². The first-order chi connectivity index (χ1) is 11.5. The molecule has 1 fully saturated rings. The van der Waals surface area contributed by atoms with Gasteiger partial charge in [-0.15, -0.1) is 0 Å². The molecule has 1 aliphatic heterocycles. The highest BCUT2D eigenvalue weighted by Crippen LogP contribution is 2.21. The Morgan fingerprint density at radius 1 is 1.29 bits per heavy atom. The van der Waals surface area contributed by atoms with Crippen molar-refractivity contribution in [2.45, 2.75) is 46.2 Å². The van der Waals surface area contributed by atoms with Crippen LogP contribution in [0, 0.1) is 11.8 Å². The maximum atomic E-state index is 12.3. The van der Waals surface area contributed by atoms with E-state index in [4.69, 9.17) is 4.42 Å². The number of hydrogen-bond donors (Lipinski definition) is 1. The Labute approximate surface area is 143 Å². The lowest BCUT2D eigenvalue weighted by Gasteiger charge is -2.31. The van der Waals surface area contributed by atoms with E-state index in [0.717, 1.165) is 42.9 Å². The molecule has 0 spiro atoms. The molecule has 1 saturated heterocycles. The molecule has 5 heteroatoms. The third kappa shape index (κ3) is 3.96. The number of likely N-dealkylation sites (tertiary alicyclic amines) is 1. The minimum Gasteiger partial charge on any atom is -0.439 e. The van der Waals surface area contributed by atoms with Gasteiger partial charge in [-0.3, -0.25) is 9.69 Å². The van der Waals surface area contributed by atoms with Gasteiger partial charge in [-0.1, -0.05) is 26.0 Å². The summed E-state index contributed by atoms with van der Waals surface area (Å²) in [6.45, 7) is 8.87. The first-order valence-corrected chi connectivity index (χ1v) is 8.90. The zero-order valence-electron chi connectivity index (χ0n) is 14.8. The van der Waals surface area contributed by atoms with Gasteiger partial charge in [0.15, 0.2) is 5.58 Å². The summed E-state index contributed by atoms with van der Waals surface area (Å²) in [6, 6.07) is 8.07. The minimum atomic E-state index is 0.131. The molecule has 1 unspecified atom stereocenters. The molecule has 0 radical (unpaired) electrons. The summed E-state index contributed by atoms with van der Waals surface area (Å²) in [7, 11) is 0. The van der Waals surface area contributed by atoms with Crippen LogP contribution in [0.25, 0.3) is 11.1 Å². The maximum absolute atomic E-state index is 12.3. The first-order valence-electron chi connectivity index (χ1n) is 8.90. The SMILES string of the molecule is CC(C)C(C)NC(=O)C1CCN(Cc2nc3ccccc3o2)CC1. The molecule has 3 rings (SSSR count). The largest absolute Gasteiger partial charge is 0.439 e. The second kappa shape index (κ2) is 7.34. The Morgan fingerprint density at radius 2 is 2.00 bits per heavy atom. The molecule has 2 aromatic rings. The van der Waals surface area contributed by atoms with Crippen LogP contribution in [0.15, 0.2) is 28.7 Å². The van der Waals surface area contributed by atoms with Crippen LogP contribution < -0.4 is 5.32 Å². The Kier molecular flexibility index (Phi) is 5.19. The zero-order chi connectivity index (χ0) is 17.1. The fourth-order valence-corrected chi connectivity index (χ4v) is 3.04. The highest BCUT2D eigenvalue weighted by atomic mass is 16.3. The summed E-state index contributed by atoms with van der Waals surface area (Å²) in [6.07, 6.45) is 1.80. The van der Waals surface area contributed by atoms with E-state index in [-0.39, 0.29) is 17.9 Å². The Hall–Kier alpha value is -1.88. The molecule has 1 aliphatic rings. The number of carbonyl (C=O) groups excluding carboxylic acids is 1. The number of nitrogens with one attached hydrogen (secondary N) is 1. The van der Waals surface area contributed by atoms with Crippen LogP contribution in [0.1, 0.15) is 39.5 Å². The van der Waals surface area contributed by atoms with Gasteiger partial charge < -0.3 is 9.73 Å². The van der Waals surface area contributed by atoms with Crippen molar-refractivity contribution in [1.29, 1.82) is 0 Å². The normalized spacial score (nSPS) is 18.2. The smallest absolute Gasteiger partial charge is 0.223 e. The maximum Gasteiger partial charge on any atom is 0.223 e. The summed E-state index contributed by atoms with van der Waals surface area (Å²) < 4.78 is 5.79. The van der Waals surface area contributed by atoms with E-state index >= 15 is 0 Å². The number of hydrogen-bond acceptors (Lipinski definition) is 4. The lowest BCUT2D eigenvalue weighted by atomic mass is 9.95. The van der Waals surface area contributed by atoms with E-state index in [1.807, 2.05) is 24.3 Å². The van der Waals surface area contributed by atoms with Gasteiger partial charge in [-0.05, 0) is 50.9 Å². The molecule has 2 heterocycles. The molecule has 0 aliphatic carbocycles. The molecule has 0 bridgehead atoms. The van der Waals surface area contributed by atoms with Crippen molar-refractivity contribution in [3.05, 3.63) is 30.2 Å². The Balaban J connectivity index is 1.50. The summed E-state index contributed by atoms with van der Waals surface area (Å²) in [5.41, 5.74) is 1.74. The van der Waals surface area contributed by atoms with Gasteiger partial charge in [-0.2, -0.15) is 0 Å². The van der Waals surface area contributed by atoms with Crippen molar-refractivity contribution in [1.82, 2.24) is 15.2 Å². The van der Waals surface area contributed by atoms with Gasteiger partial charge in [0.2, 0.25) is 11.8 Å². The quantitative estimate of drug-likeness (QED) is 0.915. The number of aromatic nitrogens is 1. The monoisotopic (exact) mass is 329 g/mol. The Morgan fingerprint density at radius 3 is 2.67 bits per heavy atom. The third-order valence-electron chi connectivity index (χ3n) is 5.03. The molecule has 130 valence electrons. The first kappa shape index (κ1) is 17.0. The van der Waals surface area contributed by atoms with E-state index in [9.17, 15) is 4.79 Å². The van der Waals surface area contributed by atoms with E-state index in [0.29, 0.717) is 12.5 Å². The molecule has 1 aromatic carbocycles. The molecule has 1 N–H and O–H groups in total. The van der Waals surface area contributed by atoms with Crippen LogP contribution in [-0.4, -0.2) is 34.9 Å². The molecule has 1 aromatic heterocycles. The van der Waals surface area contributed by atoms with Crippen molar-refractivity contribution >= 4 is 17.0 Å². The number of rotatable bonds is 5. The molecule has 5 nitrogen and oxygen atoms in total. The number of benzene rings is 1. The second-order valence-electron chi connectivity index (χ2n) is 7.17. The number of oxazole rings is 1. The van der Waals surface area contributed by atoms with Gasteiger partial charge in [-0.25, -0.2) is 4.98 Å². The molecular weight excluding hydrogens is 302 g/mol. The molecular formula is C19H27N3O2. The standard InChI is InChI=1S/C19H27N3O2/c1-13(2)14(3)20-19(23)15-8-10-22(11-9-15)12-18-21-16-6-4-5-7-17(16)24-18/h4-7,13-15H,8-12H2,1-3H3,(H,20,23). The fourth-order valence-electron chi connectivity index (χ4n) is 3.04. The van der Waals surface area contributed by atoms with Gasteiger partial charge >= 0.3 is 0 Å². The lowest BCUT2D eigenvalue weighted by Crippen LogP contribution is -2.44. The molecule has 1 amide bonds. The van der Waals surface area contributed by atoms with Crippen LogP contribution in [0.4, 0.5) is 0 Å². The number of nitrogens with zero attached hydrogens (tertiary/aromatic N) is 2. The minimum absolute atomic E-state index is 0.131. The van der Waals surface area contributed by atoms with Crippen molar-refractivity contribution in [2.75, 3.05) is 13.1 Å². The van der Waals surface area contributed by atoms with Crippen molar-refractivity contribution < 1.29 is 9.21 Å². The van der Waals surface area contributed by atoms with Crippen LogP contribution in [0.3, 0.4) is 0 Å². The summed E-state index contributed by atoms with van der Waals surface area (Å²) >= 11 is 0. The highest BCUT2D eigenvalue weighted by Gasteiger charge is 2.26. The fraction of sp³-hybridized carbons (Fsp3) is 0.579. The lowest BCUT2D eigenvalue weighted by molar-refractivity contribution is -0.127. The van der Waals surface area contributed by atoms with Gasteiger partial charge in [0.05, 0.1) is 6.54 Å². The number of amides is 1. The Bertz CT molecular complexity index is 654. The average molecular weight is 329 g/mol. The number of carbonyl (C=O) groups is 1. The second-order valence-corrected chi connectivity index (χ2v) is 7.17. The average Bonchev–Trinajstić information content (AvgIpc) is 2.97. The van der Waals surface area contributed by atoms with Crippen molar-refractivity contribution in [3.63, 3.8) is 0 Å². The van der Waals surface area contributed by atoms with E-state index in [2.05, 4.69) is 36.0 Å². The topological polar surface area (TPSA) is 58.4 Å². The molecule has 1 atom stereocenters. The van der Waals surface area contributed by atoms with Crippen LogP contribution >= 0.6 is 0 Å². The number of para-hydroxylation sites is 2.